The molecule has 4 heteroatoms. The summed E-state index contributed by atoms with van der Waals surface area (Å²) in [4.78, 5) is 0. The second-order valence-corrected chi connectivity index (χ2v) is 1.45. The molecule has 0 aromatic rings. The second-order valence-electron chi connectivity index (χ2n) is 0.621. The van der Waals surface area contributed by atoms with Crippen molar-refractivity contribution in [3.63, 3.8) is 0 Å². The first-order valence-electron chi connectivity index (χ1n) is 1.46. The van der Waals surface area contributed by atoms with Gasteiger partial charge in [-0.3, -0.25) is 0 Å². The number of hydrogen-bond acceptors (Lipinski definition) is 2. The molecule has 1 unspecified atom stereocenters. The molecule has 0 bridgehead atoms. The van der Waals surface area contributed by atoms with Gasteiger partial charge >= 0.3 is 8.69 Å². The molecule has 0 spiro atoms. The quantitative estimate of drug-likeness (QED) is 0.323. The van der Waals surface area contributed by atoms with Crippen LogP contribution in [0.1, 0.15) is 0 Å². The molecule has 1 atom stereocenters. The average Bonchev–Trinajstić information content (AvgIpc) is 1.61. The molecule has 6 heavy (non-hydrogen) atoms. The van der Waals surface area contributed by atoms with E-state index in [1.165, 1.54) is 0 Å². The van der Waals surface area contributed by atoms with Crippen LogP contribution in [0.3, 0.4) is 0 Å². The Labute approximate surface area is 42.7 Å². The van der Waals surface area contributed by atoms with Crippen molar-refractivity contribution < 1.29 is 9.09 Å². The molecule has 0 aromatic heterocycles. The van der Waals surface area contributed by atoms with Crippen molar-refractivity contribution in [2.45, 2.75) is 0 Å². The van der Waals surface area contributed by atoms with Gasteiger partial charge in [0.05, 0.1) is 5.88 Å². The third kappa shape index (κ3) is 4.35. The van der Waals surface area contributed by atoms with E-state index in [0.29, 0.717) is 12.5 Å². The molecule has 0 rings (SSSR count). The van der Waals surface area contributed by atoms with E-state index in [2.05, 4.69) is 4.52 Å². The highest BCUT2D eigenvalue weighted by molar-refractivity contribution is 7.17. The molecule has 0 aliphatic carbocycles. The van der Waals surface area contributed by atoms with Gasteiger partial charge in [0.25, 0.3) is 0 Å². The largest absolute Gasteiger partial charge is 0.494 e. The summed E-state index contributed by atoms with van der Waals surface area (Å²) in [5.74, 6) is 0.412. The van der Waals surface area contributed by atoms with E-state index in [1.807, 2.05) is 0 Å². The number of halogens is 1. The van der Waals surface area contributed by atoms with Gasteiger partial charge in [-0.25, -0.2) is 0 Å². The molecule has 0 N–H and O–H groups in total. The zero-order chi connectivity index (χ0) is 4.83. The summed E-state index contributed by atoms with van der Waals surface area (Å²) >= 11 is 5.12. The van der Waals surface area contributed by atoms with Crippen molar-refractivity contribution in [2.75, 3.05) is 12.5 Å². The van der Waals surface area contributed by atoms with Gasteiger partial charge in [0, 0.05) is 0 Å². The lowest BCUT2D eigenvalue weighted by molar-refractivity contribution is 0.368. The molecule has 0 heterocycles. The van der Waals surface area contributed by atoms with E-state index in [0.717, 1.165) is 0 Å². The summed E-state index contributed by atoms with van der Waals surface area (Å²) < 4.78 is 13.8. The second kappa shape index (κ2) is 5.35. The summed E-state index contributed by atoms with van der Waals surface area (Å²) in [7, 11) is -0.670. The third-order valence-electron chi connectivity index (χ3n) is 0.238. The lowest BCUT2D eigenvalue weighted by Crippen LogP contribution is -1.80. The molecule has 0 aromatic carbocycles. The van der Waals surface area contributed by atoms with E-state index in [1.54, 1.807) is 0 Å². The van der Waals surface area contributed by atoms with Gasteiger partial charge < -0.3 is 0 Å². The van der Waals surface area contributed by atoms with Gasteiger partial charge in [-0.05, 0) is 4.57 Å². The van der Waals surface area contributed by atoms with Crippen molar-refractivity contribution in [2.24, 2.45) is 0 Å². The Balaban J connectivity index is 2.49. The van der Waals surface area contributed by atoms with Crippen LogP contribution >= 0.6 is 20.3 Å². The van der Waals surface area contributed by atoms with Crippen LogP contribution in [0.4, 0.5) is 0 Å². The Morgan fingerprint density at radius 3 is 2.67 bits per heavy atom. The van der Waals surface area contributed by atoms with Gasteiger partial charge in [0.15, 0.2) is 0 Å². The minimum Gasteiger partial charge on any atom is -0.147 e. The molecule has 0 radical (unpaired) electrons. The summed E-state index contributed by atoms with van der Waals surface area (Å²) in [6, 6.07) is 0. The van der Waals surface area contributed by atoms with Crippen LogP contribution < -0.4 is 0 Å². The van der Waals surface area contributed by atoms with Crippen LogP contribution in [0.5, 0.6) is 0 Å². The molecule has 36 valence electrons. The van der Waals surface area contributed by atoms with Crippen LogP contribution in [-0.2, 0) is 9.09 Å². The predicted molar refractivity (Wildman–Crippen MR) is 25.7 cm³/mol. The van der Waals surface area contributed by atoms with Gasteiger partial charge in [0.2, 0.25) is 0 Å². The van der Waals surface area contributed by atoms with E-state index < -0.39 is 8.69 Å². The molecule has 0 aliphatic rings. The van der Waals surface area contributed by atoms with Gasteiger partial charge in [-0.15, -0.1) is 16.1 Å². The zero-order valence-electron chi connectivity index (χ0n) is 3.11. The summed E-state index contributed by atoms with van der Waals surface area (Å²) in [5, 5.41) is 0. The smallest absolute Gasteiger partial charge is 0.147 e. The van der Waals surface area contributed by atoms with Gasteiger partial charge in [-0.1, -0.05) is 0 Å². The molecular weight excluding hydrogens is 122 g/mol. The molecular formula is C2H5ClO2P+. The monoisotopic (exact) mass is 127 g/mol. The minimum atomic E-state index is -0.670. The maximum atomic E-state index is 9.44. The average molecular weight is 127 g/mol. The van der Waals surface area contributed by atoms with Gasteiger partial charge in [-0.2, -0.15) is 0 Å². The molecule has 0 fully saturated rings. The van der Waals surface area contributed by atoms with Crippen molar-refractivity contribution in [3.8, 4) is 0 Å². The van der Waals surface area contributed by atoms with Crippen LogP contribution in [0.25, 0.3) is 0 Å². The Morgan fingerprint density at radius 1 is 1.83 bits per heavy atom. The Morgan fingerprint density at radius 2 is 2.50 bits per heavy atom. The number of rotatable bonds is 3. The van der Waals surface area contributed by atoms with Crippen LogP contribution in [0.15, 0.2) is 0 Å². The maximum Gasteiger partial charge on any atom is 0.494 e. The minimum absolute atomic E-state index is 0.378. The van der Waals surface area contributed by atoms with E-state index >= 15 is 0 Å². The van der Waals surface area contributed by atoms with Crippen molar-refractivity contribution in [1.82, 2.24) is 0 Å². The Bertz CT molecular complexity index is 40.5. The molecule has 0 saturated heterocycles. The molecule has 0 amide bonds. The normalized spacial score (nSPS) is 9.50. The Kier molecular flexibility index (Phi) is 5.66. The highest BCUT2D eigenvalue weighted by atomic mass is 35.5. The first-order valence-corrected chi connectivity index (χ1v) is 2.82. The number of alkyl halides is 1. The maximum absolute atomic E-state index is 9.44. The van der Waals surface area contributed by atoms with Crippen LogP contribution in [-0.4, -0.2) is 12.5 Å². The molecule has 2 nitrogen and oxygen atoms in total. The SMILES string of the molecule is O=[PH+]OCCCl. The fraction of sp³-hybridized carbons (Fsp3) is 1.00. The van der Waals surface area contributed by atoms with Gasteiger partial charge in [0.1, 0.15) is 6.61 Å². The highest BCUT2D eigenvalue weighted by Crippen LogP contribution is 1.92. The fourth-order valence-corrected chi connectivity index (χ4v) is 0.472. The summed E-state index contributed by atoms with van der Waals surface area (Å²) in [5.41, 5.74) is 0. The van der Waals surface area contributed by atoms with Crippen molar-refractivity contribution in [1.29, 1.82) is 0 Å². The summed E-state index contributed by atoms with van der Waals surface area (Å²) in [6.45, 7) is 0.378. The fourth-order valence-electron chi connectivity index (χ4n) is 0.0802. The Hall–Kier alpha value is 0.350. The van der Waals surface area contributed by atoms with E-state index in [-0.39, 0.29) is 0 Å². The van der Waals surface area contributed by atoms with Crippen LogP contribution in [0.2, 0.25) is 0 Å². The first-order chi connectivity index (χ1) is 2.91. The van der Waals surface area contributed by atoms with Crippen molar-refractivity contribution >= 4 is 20.3 Å². The molecule has 0 aliphatic heterocycles. The van der Waals surface area contributed by atoms with Crippen LogP contribution in [0, 0.1) is 0 Å². The van der Waals surface area contributed by atoms with E-state index in [4.69, 9.17) is 11.6 Å². The lowest BCUT2D eigenvalue weighted by Gasteiger charge is -1.72. The lowest BCUT2D eigenvalue weighted by atomic mass is 10.9. The zero-order valence-corrected chi connectivity index (χ0v) is 4.86. The predicted octanol–water partition coefficient (Wildman–Crippen LogP) is 1.18. The van der Waals surface area contributed by atoms with Crippen molar-refractivity contribution in [3.05, 3.63) is 0 Å². The number of hydrogen-bond donors (Lipinski definition) is 0. The summed E-state index contributed by atoms with van der Waals surface area (Å²) in [6.07, 6.45) is 0. The highest BCUT2D eigenvalue weighted by Gasteiger charge is 1.84. The third-order valence-corrected chi connectivity index (χ3v) is 0.714. The first kappa shape index (κ1) is 6.35. The van der Waals surface area contributed by atoms with E-state index in [9.17, 15) is 4.57 Å². The molecule has 0 saturated carbocycles. The standard InChI is InChI=1S/C2H5ClO2P/c3-1-2-5-6-4/h6H,1-2H2/q+1. The topological polar surface area (TPSA) is 26.3 Å².